The van der Waals surface area contributed by atoms with Crippen molar-refractivity contribution in [1.82, 2.24) is 0 Å². The Morgan fingerprint density at radius 1 is 1.00 bits per heavy atom. The number of likely N-dealkylation sites (tertiary alicyclic amines) is 2. The summed E-state index contributed by atoms with van der Waals surface area (Å²) >= 11 is 0. The van der Waals surface area contributed by atoms with E-state index in [1.807, 2.05) is 0 Å². The third kappa shape index (κ3) is 4.29. The Hall–Kier alpha value is -0.900. The van der Waals surface area contributed by atoms with E-state index in [2.05, 4.69) is 30.3 Å². The normalized spacial score (nSPS) is 33.8. The van der Waals surface area contributed by atoms with Gasteiger partial charge in [0.05, 0.1) is 32.2 Å². The Bertz CT molecular complexity index is 414. The van der Waals surface area contributed by atoms with Crippen LogP contribution in [0, 0.1) is 0 Å². The molecule has 0 bridgehead atoms. The molecule has 21 heavy (non-hydrogen) atoms. The first-order valence-corrected chi connectivity index (χ1v) is 8.71. The lowest BCUT2D eigenvalue weighted by Crippen LogP contribution is -3.21. The number of piperidine rings is 2. The highest BCUT2D eigenvalue weighted by Crippen LogP contribution is 2.03. The van der Waals surface area contributed by atoms with Gasteiger partial charge in [0.1, 0.15) is 12.6 Å². The molecule has 0 radical (unpaired) electrons. The van der Waals surface area contributed by atoms with Crippen LogP contribution >= 0.6 is 0 Å². The molecule has 1 aromatic rings. The van der Waals surface area contributed by atoms with Crippen LogP contribution in [0.15, 0.2) is 30.3 Å². The minimum Gasteiger partial charge on any atom is -0.387 e. The number of benzene rings is 1. The number of rotatable bonds is 4. The standard InChI is InChI=1S/C18H28N2O/c21-18-7-4-11-20(15-18)17-9-13-19(14-10-17)12-8-16-5-2-1-3-6-16/h1-3,5-6,17-18,21H,4,7-15H2/p+2/t18-/m1/s1. The Balaban J connectivity index is 1.40. The number of aliphatic hydroxyl groups excluding tert-OH is 1. The monoisotopic (exact) mass is 290 g/mol. The quantitative estimate of drug-likeness (QED) is 0.674. The van der Waals surface area contributed by atoms with Crippen molar-refractivity contribution < 1.29 is 14.9 Å². The van der Waals surface area contributed by atoms with Crippen LogP contribution in [-0.2, 0) is 6.42 Å². The van der Waals surface area contributed by atoms with E-state index in [0.717, 1.165) is 19.0 Å². The molecule has 116 valence electrons. The van der Waals surface area contributed by atoms with Crippen molar-refractivity contribution in [1.29, 1.82) is 0 Å². The van der Waals surface area contributed by atoms with E-state index in [-0.39, 0.29) is 6.10 Å². The maximum absolute atomic E-state index is 9.85. The number of hydrogen-bond acceptors (Lipinski definition) is 1. The summed E-state index contributed by atoms with van der Waals surface area (Å²) in [5.74, 6) is 0. The third-order valence-electron chi connectivity index (χ3n) is 5.41. The van der Waals surface area contributed by atoms with Crippen molar-refractivity contribution in [2.45, 2.75) is 44.2 Å². The molecular weight excluding hydrogens is 260 g/mol. The topological polar surface area (TPSA) is 29.1 Å². The van der Waals surface area contributed by atoms with Gasteiger partial charge in [0.15, 0.2) is 0 Å². The van der Waals surface area contributed by atoms with Gasteiger partial charge >= 0.3 is 0 Å². The van der Waals surface area contributed by atoms with Gasteiger partial charge in [-0.25, -0.2) is 0 Å². The molecule has 2 heterocycles. The zero-order valence-corrected chi connectivity index (χ0v) is 13.1. The molecule has 1 aromatic carbocycles. The molecule has 3 heteroatoms. The average Bonchev–Trinajstić information content (AvgIpc) is 2.54. The van der Waals surface area contributed by atoms with Crippen molar-refractivity contribution in [3.05, 3.63) is 35.9 Å². The lowest BCUT2D eigenvalue weighted by Gasteiger charge is -2.37. The van der Waals surface area contributed by atoms with Crippen molar-refractivity contribution >= 4 is 0 Å². The molecule has 0 aliphatic carbocycles. The molecule has 0 amide bonds. The number of aliphatic hydroxyl groups is 1. The summed E-state index contributed by atoms with van der Waals surface area (Å²) in [6.45, 7) is 6.17. The second kappa shape index (κ2) is 7.39. The fourth-order valence-corrected chi connectivity index (χ4v) is 4.09. The van der Waals surface area contributed by atoms with Crippen LogP contribution in [0.5, 0.6) is 0 Å². The second-order valence-electron chi connectivity index (χ2n) is 6.92. The van der Waals surface area contributed by atoms with Gasteiger partial charge in [-0.05, 0) is 18.4 Å². The van der Waals surface area contributed by atoms with Crippen LogP contribution in [0.3, 0.4) is 0 Å². The van der Waals surface area contributed by atoms with Gasteiger partial charge in [0.2, 0.25) is 0 Å². The molecule has 2 saturated heterocycles. The molecule has 0 spiro atoms. The van der Waals surface area contributed by atoms with Gasteiger partial charge in [-0.3, -0.25) is 0 Å². The SMILES string of the molecule is O[C@@H]1CCC[NH+](C2CC[NH+](CCc3ccccc3)CC2)C1. The molecule has 2 aliphatic rings. The Morgan fingerprint density at radius 3 is 2.48 bits per heavy atom. The number of nitrogens with one attached hydrogen (secondary N) is 2. The number of quaternary nitrogens is 2. The van der Waals surface area contributed by atoms with Crippen LogP contribution in [-0.4, -0.2) is 50.0 Å². The predicted molar refractivity (Wildman–Crippen MR) is 84.7 cm³/mol. The van der Waals surface area contributed by atoms with Crippen molar-refractivity contribution in [2.75, 3.05) is 32.7 Å². The first-order valence-electron chi connectivity index (χ1n) is 8.71. The minimum absolute atomic E-state index is 0.0443. The third-order valence-corrected chi connectivity index (χ3v) is 5.41. The maximum Gasteiger partial charge on any atom is 0.104 e. The molecule has 0 saturated carbocycles. The van der Waals surface area contributed by atoms with Gasteiger partial charge < -0.3 is 14.9 Å². The molecule has 0 aromatic heterocycles. The molecule has 2 fully saturated rings. The minimum atomic E-state index is -0.0443. The van der Waals surface area contributed by atoms with Crippen molar-refractivity contribution in [3.8, 4) is 0 Å². The maximum atomic E-state index is 9.85. The summed E-state index contributed by atoms with van der Waals surface area (Å²) in [6, 6.07) is 11.7. The van der Waals surface area contributed by atoms with Crippen LogP contribution in [0.1, 0.15) is 31.2 Å². The van der Waals surface area contributed by atoms with Gasteiger partial charge in [-0.2, -0.15) is 0 Å². The zero-order valence-electron chi connectivity index (χ0n) is 13.1. The average molecular weight is 290 g/mol. The van der Waals surface area contributed by atoms with E-state index in [1.54, 1.807) is 9.80 Å². The van der Waals surface area contributed by atoms with Crippen LogP contribution in [0.25, 0.3) is 0 Å². The van der Waals surface area contributed by atoms with E-state index < -0.39 is 0 Å². The molecule has 3 rings (SSSR count). The second-order valence-corrected chi connectivity index (χ2v) is 6.92. The highest BCUT2D eigenvalue weighted by atomic mass is 16.3. The molecule has 1 unspecified atom stereocenters. The Morgan fingerprint density at radius 2 is 1.76 bits per heavy atom. The molecule has 3 nitrogen and oxygen atoms in total. The predicted octanol–water partition coefficient (Wildman–Crippen LogP) is -0.684. The Kier molecular flexibility index (Phi) is 5.28. The molecule has 3 N–H and O–H groups in total. The van der Waals surface area contributed by atoms with Crippen molar-refractivity contribution in [2.24, 2.45) is 0 Å². The summed E-state index contributed by atoms with van der Waals surface area (Å²) in [5, 5.41) is 9.85. The van der Waals surface area contributed by atoms with E-state index >= 15 is 0 Å². The molecule has 2 atom stereocenters. The number of hydrogen-bond donors (Lipinski definition) is 3. The highest BCUT2D eigenvalue weighted by Gasteiger charge is 2.32. The summed E-state index contributed by atoms with van der Waals surface area (Å²) in [7, 11) is 0. The van der Waals surface area contributed by atoms with Crippen LogP contribution in [0.4, 0.5) is 0 Å². The van der Waals surface area contributed by atoms with E-state index in [0.29, 0.717) is 0 Å². The Labute approximate surface area is 128 Å². The largest absolute Gasteiger partial charge is 0.387 e. The first kappa shape index (κ1) is 15.0. The summed E-state index contributed by atoms with van der Waals surface area (Å²) in [5.41, 5.74) is 1.47. The first-order chi connectivity index (χ1) is 10.3. The van der Waals surface area contributed by atoms with Crippen molar-refractivity contribution in [3.63, 3.8) is 0 Å². The van der Waals surface area contributed by atoms with Gasteiger partial charge in [0, 0.05) is 19.3 Å². The van der Waals surface area contributed by atoms with E-state index in [1.165, 1.54) is 57.4 Å². The molecule has 2 aliphatic heterocycles. The summed E-state index contributed by atoms with van der Waals surface area (Å²) in [4.78, 5) is 3.45. The van der Waals surface area contributed by atoms with Gasteiger partial charge in [-0.15, -0.1) is 0 Å². The van der Waals surface area contributed by atoms with E-state index in [4.69, 9.17) is 0 Å². The smallest absolute Gasteiger partial charge is 0.104 e. The fourth-order valence-electron chi connectivity index (χ4n) is 4.09. The molecular formula is C18H30N2O+2. The van der Waals surface area contributed by atoms with Crippen LogP contribution < -0.4 is 9.80 Å². The van der Waals surface area contributed by atoms with E-state index in [9.17, 15) is 5.11 Å². The van der Waals surface area contributed by atoms with Gasteiger partial charge in [-0.1, -0.05) is 30.3 Å². The fraction of sp³-hybridized carbons (Fsp3) is 0.667. The van der Waals surface area contributed by atoms with Gasteiger partial charge in [0.25, 0.3) is 0 Å². The lowest BCUT2D eigenvalue weighted by atomic mass is 9.98. The highest BCUT2D eigenvalue weighted by molar-refractivity contribution is 5.14. The zero-order chi connectivity index (χ0) is 14.5. The lowest BCUT2D eigenvalue weighted by molar-refractivity contribution is -0.962. The van der Waals surface area contributed by atoms with Crippen LogP contribution in [0.2, 0.25) is 0 Å². The summed E-state index contributed by atoms with van der Waals surface area (Å²) < 4.78 is 0. The summed E-state index contributed by atoms with van der Waals surface area (Å²) in [6.07, 6.45) is 6.06.